The normalized spacial score (nSPS) is 11.8. The van der Waals surface area contributed by atoms with E-state index >= 15 is 0 Å². The van der Waals surface area contributed by atoms with Gasteiger partial charge in [0.05, 0.1) is 26.8 Å². The summed E-state index contributed by atoms with van der Waals surface area (Å²) in [6.45, 7) is 3.96. The SMILES string of the molecule is COc1ncc(-c2cccc(C(C)Nc3nc(C)nc4cc(OC)c(OC)cc34)c2)cn1. The smallest absolute Gasteiger partial charge is 0.316 e. The number of hydrogen-bond donors (Lipinski definition) is 1. The average molecular weight is 431 g/mol. The zero-order valence-corrected chi connectivity index (χ0v) is 18.7. The molecule has 4 rings (SSSR count). The molecule has 0 fully saturated rings. The lowest BCUT2D eigenvalue weighted by Crippen LogP contribution is -2.10. The quantitative estimate of drug-likeness (QED) is 0.454. The molecule has 0 radical (unpaired) electrons. The summed E-state index contributed by atoms with van der Waals surface area (Å²) in [5, 5.41) is 4.39. The third-order valence-corrected chi connectivity index (χ3v) is 5.20. The third kappa shape index (κ3) is 4.25. The van der Waals surface area contributed by atoms with Crippen LogP contribution in [0, 0.1) is 6.92 Å². The van der Waals surface area contributed by atoms with Crippen LogP contribution in [0.4, 0.5) is 5.82 Å². The maximum absolute atomic E-state index is 5.47. The topological polar surface area (TPSA) is 91.3 Å². The molecule has 32 heavy (non-hydrogen) atoms. The lowest BCUT2D eigenvalue weighted by atomic mass is 10.0. The molecule has 0 spiro atoms. The highest BCUT2D eigenvalue weighted by atomic mass is 16.5. The fraction of sp³-hybridized carbons (Fsp3) is 0.250. The molecule has 1 atom stereocenters. The van der Waals surface area contributed by atoms with E-state index in [-0.39, 0.29) is 6.04 Å². The number of methoxy groups -OCH3 is 3. The van der Waals surface area contributed by atoms with Gasteiger partial charge in [-0.25, -0.2) is 19.9 Å². The van der Waals surface area contributed by atoms with Crippen LogP contribution in [0.3, 0.4) is 0 Å². The predicted molar refractivity (Wildman–Crippen MR) is 123 cm³/mol. The number of aromatic nitrogens is 4. The summed E-state index contributed by atoms with van der Waals surface area (Å²) in [6.07, 6.45) is 3.51. The van der Waals surface area contributed by atoms with Gasteiger partial charge < -0.3 is 19.5 Å². The van der Waals surface area contributed by atoms with E-state index in [0.29, 0.717) is 23.3 Å². The molecule has 8 heteroatoms. The summed E-state index contributed by atoms with van der Waals surface area (Å²) in [7, 11) is 4.77. The third-order valence-electron chi connectivity index (χ3n) is 5.20. The molecule has 0 amide bonds. The van der Waals surface area contributed by atoms with Crippen molar-refractivity contribution in [1.82, 2.24) is 19.9 Å². The second-order valence-corrected chi connectivity index (χ2v) is 7.29. The molecule has 0 saturated heterocycles. The van der Waals surface area contributed by atoms with E-state index in [4.69, 9.17) is 14.2 Å². The van der Waals surface area contributed by atoms with Crippen molar-refractivity contribution in [2.45, 2.75) is 19.9 Å². The molecule has 2 heterocycles. The van der Waals surface area contributed by atoms with Crippen molar-refractivity contribution < 1.29 is 14.2 Å². The molecule has 0 bridgehead atoms. The standard InChI is InChI=1S/C24H25N5O3/c1-14(16-7-6-8-17(9-16)18-12-25-24(32-5)26-13-18)27-23-19-10-21(30-3)22(31-4)11-20(19)28-15(2)29-23/h6-14H,1-5H3,(H,27,28,29). The van der Waals surface area contributed by atoms with Gasteiger partial charge in [0.1, 0.15) is 11.6 Å². The fourth-order valence-electron chi connectivity index (χ4n) is 3.53. The maximum Gasteiger partial charge on any atom is 0.316 e. The van der Waals surface area contributed by atoms with Crippen LogP contribution in [0.5, 0.6) is 17.5 Å². The summed E-state index contributed by atoms with van der Waals surface area (Å²) < 4.78 is 15.9. The van der Waals surface area contributed by atoms with Crippen molar-refractivity contribution in [2.24, 2.45) is 0 Å². The molecule has 4 aromatic rings. The molecule has 0 aliphatic rings. The van der Waals surface area contributed by atoms with Gasteiger partial charge in [0.25, 0.3) is 0 Å². The van der Waals surface area contributed by atoms with E-state index in [9.17, 15) is 0 Å². The predicted octanol–water partition coefficient (Wildman–Crippen LogP) is 4.59. The Bertz CT molecular complexity index is 1240. The van der Waals surface area contributed by atoms with Gasteiger partial charge in [-0.05, 0) is 37.1 Å². The summed E-state index contributed by atoms with van der Waals surface area (Å²) >= 11 is 0. The number of nitrogens with one attached hydrogen (secondary N) is 1. The van der Waals surface area contributed by atoms with E-state index < -0.39 is 0 Å². The van der Waals surface area contributed by atoms with Crippen LogP contribution in [0.1, 0.15) is 24.4 Å². The van der Waals surface area contributed by atoms with Crippen LogP contribution in [-0.4, -0.2) is 41.3 Å². The van der Waals surface area contributed by atoms with Crippen LogP contribution in [0.25, 0.3) is 22.0 Å². The van der Waals surface area contributed by atoms with Crippen LogP contribution >= 0.6 is 0 Å². The zero-order valence-electron chi connectivity index (χ0n) is 18.7. The first-order valence-electron chi connectivity index (χ1n) is 10.2. The largest absolute Gasteiger partial charge is 0.493 e. The minimum absolute atomic E-state index is 0.0142. The Morgan fingerprint density at radius 2 is 1.56 bits per heavy atom. The van der Waals surface area contributed by atoms with Gasteiger partial charge in [-0.2, -0.15) is 0 Å². The Morgan fingerprint density at radius 1 is 0.844 bits per heavy atom. The number of aryl methyl sites for hydroxylation is 1. The molecule has 0 aliphatic carbocycles. The van der Waals surface area contributed by atoms with Crippen LogP contribution in [-0.2, 0) is 0 Å². The summed E-state index contributed by atoms with van der Waals surface area (Å²) in [4.78, 5) is 17.6. The summed E-state index contributed by atoms with van der Waals surface area (Å²) in [6, 6.07) is 12.3. The van der Waals surface area contributed by atoms with Crippen molar-refractivity contribution in [3.8, 4) is 28.6 Å². The van der Waals surface area contributed by atoms with Gasteiger partial charge in [-0.1, -0.05) is 18.2 Å². The maximum atomic E-state index is 5.47. The van der Waals surface area contributed by atoms with E-state index in [0.717, 1.165) is 33.4 Å². The van der Waals surface area contributed by atoms with E-state index in [1.807, 2.05) is 31.2 Å². The van der Waals surface area contributed by atoms with Gasteiger partial charge in [-0.15, -0.1) is 0 Å². The average Bonchev–Trinajstić information content (AvgIpc) is 2.83. The second-order valence-electron chi connectivity index (χ2n) is 7.29. The molecule has 0 saturated carbocycles. The van der Waals surface area contributed by atoms with Crippen LogP contribution in [0.15, 0.2) is 48.8 Å². The first-order valence-corrected chi connectivity index (χ1v) is 10.2. The first-order chi connectivity index (χ1) is 15.5. The second kappa shape index (κ2) is 9.05. The Morgan fingerprint density at radius 3 is 2.25 bits per heavy atom. The van der Waals surface area contributed by atoms with Crippen molar-refractivity contribution in [2.75, 3.05) is 26.6 Å². The molecule has 2 aromatic carbocycles. The Hall–Kier alpha value is -3.94. The number of ether oxygens (including phenoxy) is 3. The summed E-state index contributed by atoms with van der Waals surface area (Å²) in [5.74, 6) is 2.67. The molecular formula is C24H25N5O3. The number of fused-ring (bicyclic) bond motifs is 1. The van der Waals surface area contributed by atoms with Crippen molar-refractivity contribution in [3.05, 3.63) is 60.2 Å². The Balaban J connectivity index is 1.67. The van der Waals surface area contributed by atoms with Gasteiger partial charge in [0.2, 0.25) is 0 Å². The van der Waals surface area contributed by atoms with E-state index in [1.165, 1.54) is 0 Å². The monoisotopic (exact) mass is 431 g/mol. The number of benzene rings is 2. The lowest BCUT2D eigenvalue weighted by Gasteiger charge is -2.18. The van der Waals surface area contributed by atoms with Crippen molar-refractivity contribution >= 4 is 16.7 Å². The van der Waals surface area contributed by atoms with E-state index in [1.54, 1.807) is 33.7 Å². The van der Waals surface area contributed by atoms with Gasteiger partial charge in [0.15, 0.2) is 11.5 Å². The van der Waals surface area contributed by atoms with Gasteiger partial charge >= 0.3 is 6.01 Å². The summed E-state index contributed by atoms with van der Waals surface area (Å²) in [5.41, 5.74) is 3.83. The van der Waals surface area contributed by atoms with E-state index in [2.05, 4.69) is 44.3 Å². The fourth-order valence-corrected chi connectivity index (χ4v) is 3.53. The highest BCUT2D eigenvalue weighted by Gasteiger charge is 2.15. The van der Waals surface area contributed by atoms with Gasteiger partial charge in [-0.3, -0.25) is 0 Å². The number of nitrogens with zero attached hydrogens (tertiary/aromatic N) is 4. The Labute approximate surface area is 186 Å². The molecule has 2 aromatic heterocycles. The minimum Gasteiger partial charge on any atom is -0.493 e. The Kier molecular flexibility index (Phi) is 6.02. The van der Waals surface area contributed by atoms with Crippen LogP contribution < -0.4 is 19.5 Å². The number of rotatable bonds is 7. The molecule has 8 nitrogen and oxygen atoms in total. The molecule has 0 aliphatic heterocycles. The van der Waals surface area contributed by atoms with Crippen LogP contribution in [0.2, 0.25) is 0 Å². The highest BCUT2D eigenvalue weighted by Crippen LogP contribution is 2.35. The minimum atomic E-state index is -0.0142. The van der Waals surface area contributed by atoms with Gasteiger partial charge in [0, 0.05) is 35.5 Å². The molecule has 164 valence electrons. The number of hydrogen-bond acceptors (Lipinski definition) is 8. The lowest BCUT2D eigenvalue weighted by molar-refractivity contribution is 0.356. The zero-order chi connectivity index (χ0) is 22.7. The molecule has 1 unspecified atom stereocenters. The first kappa shape index (κ1) is 21.3. The van der Waals surface area contributed by atoms with Crippen molar-refractivity contribution in [1.29, 1.82) is 0 Å². The number of anilines is 1. The molecular weight excluding hydrogens is 406 g/mol. The molecule has 1 N–H and O–H groups in total. The highest BCUT2D eigenvalue weighted by molar-refractivity contribution is 5.92. The van der Waals surface area contributed by atoms with Crippen molar-refractivity contribution in [3.63, 3.8) is 0 Å².